The summed E-state index contributed by atoms with van der Waals surface area (Å²) in [5.74, 6) is 2.68. The average molecular weight is 326 g/mol. The minimum absolute atomic E-state index is 0.0986. The van der Waals surface area contributed by atoms with E-state index in [9.17, 15) is 10.1 Å². The quantitative estimate of drug-likeness (QED) is 0.743. The number of aromatic amines is 1. The number of H-pyrrole nitrogens is 1. The van der Waals surface area contributed by atoms with Crippen molar-refractivity contribution < 1.29 is 0 Å². The van der Waals surface area contributed by atoms with Gasteiger partial charge in [0, 0.05) is 17.5 Å². The molecule has 0 amide bonds. The summed E-state index contributed by atoms with van der Waals surface area (Å²) in [6.07, 6.45) is 6.87. The zero-order chi connectivity index (χ0) is 17.9. The third-order valence-electron chi connectivity index (χ3n) is 4.55. The van der Waals surface area contributed by atoms with E-state index in [4.69, 9.17) is 6.42 Å². The molecule has 0 aliphatic rings. The first-order chi connectivity index (χ1) is 12.1. The minimum Gasteiger partial charge on any atom is -0.322 e. The summed E-state index contributed by atoms with van der Waals surface area (Å²) in [5.41, 5.74) is 1.98. The van der Waals surface area contributed by atoms with Gasteiger partial charge >= 0.3 is 0 Å². The van der Waals surface area contributed by atoms with E-state index in [0.717, 1.165) is 16.5 Å². The van der Waals surface area contributed by atoms with E-state index in [0.29, 0.717) is 23.9 Å². The van der Waals surface area contributed by atoms with Crippen LogP contribution in [-0.2, 0) is 18.3 Å². The highest BCUT2D eigenvalue weighted by Gasteiger charge is 2.30. The van der Waals surface area contributed by atoms with Crippen molar-refractivity contribution in [3.8, 4) is 18.4 Å². The van der Waals surface area contributed by atoms with E-state index in [1.807, 2.05) is 61.5 Å². The molecule has 0 bridgehead atoms. The van der Waals surface area contributed by atoms with Gasteiger partial charge in [-0.2, -0.15) is 5.26 Å². The first-order valence-corrected chi connectivity index (χ1v) is 8.21. The van der Waals surface area contributed by atoms with E-state index < -0.39 is 5.41 Å². The minimum atomic E-state index is -1.07. The van der Waals surface area contributed by atoms with Gasteiger partial charge in [0.15, 0.2) is 0 Å². The molecule has 3 aromatic rings. The van der Waals surface area contributed by atoms with Crippen LogP contribution >= 0.6 is 0 Å². The fourth-order valence-electron chi connectivity index (χ4n) is 3.05. The topological polar surface area (TPSA) is 56.6 Å². The first kappa shape index (κ1) is 16.6. The fourth-order valence-corrected chi connectivity index (χ4v) is 3.05. The molecule has 0 spiro atoms. The normalized spacial score (nSPS) is 12.9. The number of aryl methyl sites for hydroxylation is 1. The predicted octanol–water partition coefficient (Wildman–Crippen LogP) is 3.73. The standard InChI is InChI=1S/C22H18N2O/c1-3-17-12-18-10-11-19(13-20(18)24-21(17)25)22(4-2,15-23)14-16-8-6-5-7-9-16/h2,5-13H,3,14H2,1H3,(H,24,25)/t22-/m1/s1. The van der Waals surface area contributed by atoms with Crippen LogP contribution in [-0.4, -0.2) is 4.98 Å². The van der Waals surface area contributed by atoms with Crippen molar-refractivity contribution in [2.75, 3.05) is 0 Å². The number of benzene rings is 2. The van der Waals surface area contributed by atoms with Crippen LogP contribution in [0.3, 0.4) is 0 Å². The number of nitriles is 1. The first-order valence-electron chi connectivity index (χ1n) is 8.21. The number of hydrogen-bond donors (Lipinski definition) is 1. The molecule has 1 aromatic heterocycles. The number of nitrogens with zero attached hydrogens (tertiary/aromatic N) is 1. The predicted molar refractivity (Wildman–Crippen MR) is 100 cm³/mol. The maximum atomic E-state index is 12.1. The van der Waals surface area contributed by atoms with Crippen molar-refractivity contribution in [1.29, 1.82) is 5.26 Å². The molecule has 2 aromatic carbocycles. The van der Waals surface area contributed by atoms with Gasteiger partial charge in [-0.05, 0) is 35.1 Å². The molecule has 0 saturated carbocycles. The number of pyridine rings is 1. The summed E-state index contributed by atoms with van der Waals surface area (Å²) in [4.78, 5) is 15.0. The highest BCUT2D eigenvalue weighted by atomic mass is 16.1. The highest BCUT2D eigenvalue weighted by Crippen LogP contribution is 2.29. The number of nitrogens with one attached hydrogen (secondary N) is 1. The summed E-state index contributed by atoms with van der Waals surface area (Å²) < 4.78 is 0. The molecule has 122 valence electrons. The van der Waals surface area contributed by atoms with Gasteiger partial charge < -0.3 is 4.98 Å². The Labute approximate surface area is 146 Å². The molecule has 1 heterocycles. The van der Waals surface area contributed by atoms with Gasteiger partial charge in [-0.15, -0.1) is 6.42 Å². The lowest BCUT2D eigenvalue weighted by molar-refractivity contribution is 0.707. The van der Waals surface area contributed by atoms with Gasteiger partial charge in [0.05, 0.1) is 6.07 Å². The zero-order valence-electron chi connectivity index (χ0n) is 14.0. The van der Waals surface area contributed by atoms with E-state index in [1.165, 1.54) is 0 Å². The molecular weight excluding hydrogens is 308 g/mol. The Morgan fingerprint density at radius 2 is 1.92 bits per heavy atom. The van der Waals surface area contributed by atoms with Crippen molar-refractivity contribution in [2.45, 2.75) is 25.2 Å². The summed E-state index contributed by atoms with van der Waals surface area (Å²) in [6, 6.07) is 19.5. The summed E-state index contributed by atoms with van der Waals surface area (Å²) in [7, 11) is 0. The average Bonchev–Trinajstić information content (AvgIpc) is 2.66. The molecule has 3 nitrogen and oxygen atoms in total. The lowest BCUT2D eigenvalue weighted by Gasteiger charge is -2.21. The van der Waals surface area contributed by atoms with Gasteiger partial charge in [-0.25, -0.2) is 0 Å². The molecule has 1 atom stereocenters. The molecule has 0 aliphatic heterocycles. The molecule has 3 rings (SSSR count). The largest absolute Gasteiger partial charge is 0.322 e. The van der Waals surface area contributed by atoms with Crippen LogP contribution in [0.5, 0.6) is 0 Å². The molecule has 0 unspecified atom stereocenters. The van der Waals surface area contributed by atoms with Gasteiger partial charge in [-0.1, -0.05) is 55.3 Å². The van der Waals surface area contributed by atoms with Crippen molar-refractivity contribution in [3.05, 3.63) is 81.6 Å². The monoisotopic (exact) mass is 326 g/mol. The van der Waals surface area contributed by atoms with E-state index in [2.05, 4.69) is 17.0 Å². The number of rotatable bonds is 4. The third-order valence-corrected chi connectivity index (χ3v) is 4.55. The van der Waals surface area contributed by atoms with Crippen LogP contribution in [0.25, 0.3) is 10.9 Å². The smallest absolute Gasteiger partial charge is 0.251 e. The van der Waals surface area contributed by atoms with Crippen LogP contribution in [0.15, 0.2) is 59.4 Å². The van der Waals surface area contributed by atoms with Crippen LogP contribution < -0.4 is 5.56 Å². The maximum Gasteiger partial charge on any atom is 0.251 e. The van der Waals surface area contributed by atoms with Gasteiger partial charge in [0.25, 0.3) is 5.56 Å². The highest BCUT2D eigenvalue weighted by molar-refractivity contribution is 5.80. The summed E-state index contributed by atoms with van der Waals surface area (Å²) in [5, 5.41) is 10.8. The van der Waals surface area contributed by atoms with Gasteiger partial charge in [-0.3, -0.25) is 4.79 Å². The number of terminal acetylenes is 1. The Bertz CT molecular complexity index is 1040. The fraction of sp³-hybridized carbons (Fsp3) is 0.182. The number of hydrogen-bond acceptors (Lipinski definition) is 2. The Hall–Kier alpha value is -3.30. The summed E-state index contributed by atoms with van der Waals surface area (Å²) in [6.45, 7) is 1.95. The molecular formula is C22H18N2O. The van der Waals surface area contributed by atoms with Crippen molar-refractivity contribution in [1.82, 2.24) is 4.98 Å². The molecule has 0 radical (unpaired) electrons. The lowest BCUT2D eigenvalue weighted by atomic mass is 9.77. The van der Waals surface area contributed by atoms with Crippen LogP contribution in [0, 0.1) is 23.7 Å². The number of fused-ring (bicyclic) bond motifs is 1. The Balaban J connectivity index is 2.13. The molecule has 3 heteroatoms. The Morgan fingerprint density at radius 3 is 2.56 bits per heavy atom. The van der Waals surface area contributed by atoms with Crippen LogP contribution in [0.1, 0.15) is 23.6 Å². The second-order valence-electron chi connectivity index (χ2n) is 6.10. The van der Waals surface area contributed by atoms with Crippen LogP contribution in [0.2, 0.25) is 0 Å². The second-order valence-corrected chi connectivity index (χ2v) is 6.10. The summed E-state index contributed by atoms with van der Waals surface area (Å²) >= 11 is 0. The van der Waals surface area contributed by atoms with E-state index in [-0.39, 0.29) is 5.56 Å². The Morgan fingerprint density at radius 1 is 1.16 bits per heavy atom. The number of aromatic nitrogens is 1. The Kier molecular flexibility index (Phi) is 4.42. The molecule has 1 N–H and O–H groups in total. The molecule has 0 aliphatic carbocycles. The van der Waals surface area contributed by atoms with Gasteiger partial charge in [0.2, 0.25) is 0 Å². The van der Waals surface area contributed by atoms with Crippen LogP contribution in [0.4, 0.5) is 0 Å². The second kappa shape index (κ2) is 6.67. The third kappa shape index (κ3) is 3.05. The van der Waals surface area contributed by atoms with Crippen molar-refractivity contribution in [2.24, 2.45) is 0 Å². The van der Waals surface area contributed by atoms with Crippen molar-refractivity contribution >= 4 is 10.9 Å². The molecule has 0 saturated heterocycles. The maximum absolute atomic E-state index is 12.1. The SMILES string of the molecule is C#C[C@](C#N)(Cc1ccccc1)c1ccc2cc(CC)c(=O)[nH]c2c1. The van der Waals surface area contributed by atoms with Gasteiger partial charge in [0.1, 0.15) is 5.41 Å². The lowest BCUT2D eigenvalue weighted by Crippen LogP contribution is -2.25. The zero-order valence-corrected chi connectivity index (χ0v) is 14.0. The van der Waals surface area contributed by atoms with E-state index >= 15 is 0 Å². The van der Waals surface area contributed by atoms with E-state index in [1.54, 1.807) is 0 Å². The molecule has 0 fully saturated rings. The molecule has 25 heavy (non-hydrogen) atoms. The van der Waals surface area contributed by atoms with Crippen molar-refractivity contribution in [3.63, 3.8) is 0 Å².